The molecule has 0 bridgehead atoms. The van der Waals surface area contributed by atoms with Crippen LogP contribution in [-0.2, 0) is 0 Å². The first-order chi connectivity index (χ1) is 4.34. The Morgan fingerprint density at radius 2 is 2.00 bits per heavy atom. The fourth-order valence-corrected chi connectivity index (χ4v) is 0.949. The highest BCUT2D eigenvalue weighted by Gasteiger charge is 1.91. The van der Waals surface area contributed by atoms with E-state index in [9.17, 15) is 0 Å². The summed E-state index contributed by atoms with van der Waals surface area (Å²) in [5, 5.41) is 0. The summed E-state index contributed by atoms with van der Waals surface area (Å²) in [5.41, 5.74) is 6.27. The standard InChI is InChI=1S/C7H7NS/c1-9-7-5-3-2-4-6(7)8/h1-5H,8H2. The van der Waals surface area contributed by atoms with Crippen LogP contribution < -0.4 is 5.73 Å². The van der Waals surface area contributed by atoms with Crippen LogP contribution >= 0.6 is 11.8 Å². The van der Waals surface area contributed by atoms with Gasteiger partial charge in [0.25, 0.3) is 0 Å². The predicted octanol–water partition coefficient (Wildman–Crippen LogP) is 2.03. The highest BCUT2D eigenvalue weighted by molar-refractivity contribution is 8.00. The number of benzene rings is 1. The Morgan fingerprint density at radius 3 is 2.44 bits per heavy atom. The van der Waals surface area contributed by atoms with Gasteiger partial charge in [0.1, 0.15) is 0 Å². The second-order valence-electron chi connectivity index (χ2n) is 1.66. The molecule has 1 aromatic rings. The van der Waals surface area contributed by atoms with Gasteiger partial charge < -0.3 is 5.73 Å². The molecule has 9 heavy (non-hydrogen) atoms. The summed E-state index contributed by atoms with van der Waals surface area (Å²) in [6.07, 6.45) is 5.29. The van der Waals surface area contributed by atoms with E-state index in [-0.39, 0.29) is 0 Å². The molecular formula is C7H7NS. The van der Waals surface area contributed by atoms with Crippen LogP contribution in [0.2, 0.25) is 0 Å². The second kappa shape index (κ2) is 2.78. The number of rotatable bonds is 1. The van der Waals surface area contributed by atoms with Crippen molar-refractivity contribution in [3.63, 3.8) is 0 Å². The minimum absolute atomic E-state index is 0.741. The van der Waals surface area contributed by atoms with Crippen molar-refractivity contribution >= 4 is 17.4 Å². The first-order valence-electron chi connectivity index (χ1n) is 2.56. The van der Waals surface area contributed by atoms with Gasteiger partial charge in [-0.2, -0.15) is 0 Å². The van der Waals surface area contributed by atoms with E-state index in [1.165, 1.54) is 11.8 Å². The van der Waals surface area contributed by atoms with Gasteiger partial charge in [-0.1, -0.05) is 12.1 Å². The Balaban J connectivity index is 3.01. The van der Waals surface area contributed by atoms with Crippen LogP contribution in [-0.4, -0.2) is 0 Å². The fourth-order valence-electron chi connectivity index (χ4n) is 0.588. The topological polar surface area (TPSA) is 26.0 Å². The van der Waals surface area contributed by atoms with Crippen LogP contribution in [0.3, 0.4) is 0 Å². The molecule has 1 aromatic carbocycles. The lowest BCUT2D eigenvalue weighted by molar-refractivity contribution is 1.47. The maximum absolute atomic E-state index is 5.53. The van der Waals surface area contributed by atoms with Crippen LogP contribution in [0.4, 0.5) is 5.69 Å². The maximum atomic E-state index is 5.53. The summed E-state index contributed by atoms with van der Waals surface area (Å²) in [5.74, 6) is 0. The number of anilines is 1. The highest BCUT2D eigenvalue weighted by atomic mass is 32.2. The minimum atomic E-state index is 0.741. The third-order valence-electron chi connectivity index (χ3n) is 1.05. The molecule has 0 aliphatic heterocycles. The molecule has 0 amide bonds. The molecule has 0 unspecified atom stereocenters. The summed E-state index contributed by atoms with van der Waals surface area (Å²) >= 11 is 1.17. The SMILES string of the molecule is [CH]Sc1ccccc1N. The minimum Gasteiger partial charge on any atom is -0.398 e. The van der Waals surface area contributed by atoms with E-state index < -0.39 is 0 Å². The number of hydrogen-bond acceptors (Lipinski definition) is 2. The Hall–Kier alpha value is -0.630. The van der Waals surface area contributed by atoms with Crippen molar-refractivity contribution in [2.45, 2.75) is 4.90 Å². The molecule has 1 nitrogen and oxygen atoms in total. The first kappa shape index (κ1) is 6.49. The second-order valence-corrected chi connectivity index (χ2v) is 2.33. The van der Waals surface area contributed by atoms with Crippen molar-refractivity contribution < 1.29 is 0 Å². The van der Waals surface area contributed by atoms with Crippen molar-refractivity contribution in [1.29, 1.82) is 0 Å². The van der Waals surface area contributed by atoms with Gasteiger partial charge in [-0.25, -0.2) is 0 Å². The lowest BCUT2D eigenvalue weighted by Gasteiger charge is -1.97. The quantitative estimate of drug-likeness (QED) is 0.473. The molecule has 0 saturated heterocycles. The molecule has 0 fully saturated rings. The fraction of sp³-hybridized carbons (Fsp3) is 0. The monoisotopic (exact) mass is 137 g/mol. The molecule has 2 radical (unpaired) electrons. The summed E-state index contributed by atoms with van der Waals surface area (Å²) in [4.78, 5) is 0.928. The molecule has 0 heterocycles. The summed E-state index contributed by atoms with van der Waals surface area (Å²) in [6, 6.07) is 7.51. The Labute approximate surface area is 59.3 Å². The smallest absolute Gasteiger partial charge is 0.0452 e. The van der Waals surface area contributed by atoms with Gasteiger partial charge in [0, 0.05) is 16.8 Å². The van der Waals surface area contributed by atoms with Gasteiger partial charge in [0.05, 0.1) is 0 Å². The van der Waals surface area contributed by atoms with Gasteiger partial charge in [0.15, 0.2) is 0 Å². The van der Waals surface area contributed by atoms with Crippen molar-refractivity contribution in [3.05, 3.63) is 30.5 Å². The average molecular weight is 137 g/mol. The van der Waals surface area contributed by atoms with E-state index in [1.54, 1.807) is 0 Å². The van der Waals surface area contributed by atoms with Crippen molar-refractivity contribution in [2.75, 3.05) is 5.73 Å². The van der Waals surface area contributed by atoms with Crippen molar-refractivity contribution in [2.24, 2.45) is 0 Å². The van der Waals surface area contributed by atoms with Gasteiger partial charge in [-0.15, -0.1) is 11.8 Å². The maximum Gasteiger partial charge on any atom is 0.0452 e. The number of nitrogen functional groups attached to an aromatic ring is 1. The largest absolute Gasteiger partial charge is 0.398 e. The first-order valence-corrected chi connectivity index (χ1v) is 3.44. The molecular weight excluding hydrogens is 130 g/mol. The molecule has 2 N–H and O–H groups in total. The molecule has 0 aromatic heterocycles. The van der Waals surface area contributed by atoms with E-state index >= 15 is 0 Å². The lowest BCUT2D eigenvalue weighted by atomic mass is 10.3. The molecule has 2 heteroatoms. The Bertz CT molecular complexity index is 198. The van der Waals surface area contributed by atoms with Crippen molar-refractivity contribution in [1.82, 2.24) is 0 Å². The molecule has 46 valence electrons. The Morgan fingerprint density at radius 1 is 1.33 bits per heavy atom. The third-order valence-corrected chi connectivity index (χ3v) is 1.67. The van der Waals surface area contributed by atoms with Crippen LogP contribution in [0.1, 0.15) is 0 Å². The number of hydrogen-bond donors (Lipinski definition) is 1. The van der Waals surface area contributed by atoms with Crippen LogP contribution in [0.15, 0.2) is 29.2 Å². The predicted molar refractivity (Wildman–Crippen MR) is 41.0 cm³/mol. The molecule has 0 aliphatic rings. The molecule has 0 aliphatic carbocycles. The number of para-hydroxylation sites is 1. The third kappa shape index (κ3) is 1.39. The van der Waals surface area contributed by atoms with E-state index in [1.807, 2.05) is 24.3 Å². The van der Waals surface area contributed by atoms with Gasteiger partial charge in [-0.05, 0) is 12.1 Å². The zero-order valence-electron chi connectivity index (χ0n) is 4.87. The lowest BCUT2D eigenvalue weighted by Crippen LogP contribution is -1.84. The number of thioether (sulfide) groups is 1. The summed E-state index contributed by atoms with van der Waals surface area (Å²) in [7, 11) is 0. The summed E-state index contributed by atoms with van der Waals surface area (Å²) < 4.78 is 0. The zero-order valence-corrected chi connectivity index (χ0v) is 5.69. The van der Waals surface area contributed by atoms with Gasteiger partial charge in [0.2, 0.25) is 0 Å². The van der Waals surface area contributed by atoms with E-state index in [4.69, 9.17) is 12.0 Å². The van der Waals surface area contributed by atoms with Gasteiger partial charge in [-0.3, -0.25) is 0 Å². The number of nitrogens with two attached hydrogens (primary N) is 1. The van der Waals surface area contributed by atoms with Crippen LogP contribution in [0.5, 0.6) is 0 Å². The summed E-state index contributed by atoms with van der Waals surface area (Å²) in [6.45, 7) is 0. The molecule has 0 saturated carbocycles. The zero-order chi connectivity index (χ0) is 6.69. The van der Waals surface area contributed by atoms with Crippen molar-refractivity contribution in [3.8, 4) is 0 Å². The molecule has 1 rings (SSSR count). The average Bonchev–Trinajstić information content (AvgIpc) is 1.89. The van der Waals surface area contributed by atoms with Gasteiger partial charge >= 0.3 is 0 Å². The van der Waals surface area contributed by atoms with E-state index in [0.717, 1.165) is 10.6 Å². The van der Waals surface area contributed by atoms with E-state index in [0.29, 0.717) is 0 Å². The Kier molecular flexibility index (Phi) is 2.01. The molecule has 0 spiro atoms. The van der Waals surface area contributed by atoms with E-state index in [2.05, 4.69) is 0 Å². The normalized spacial score (nSPS) is 9.44. The highest BCUT2D eigenvalue weighted by Crippen LogP contribution is 2.21. The van der Waals surface area contributed by atoms with Crippen LogP contribution in [0, 0.1) is 6.26 Å². The van der Waals surface area contributed by atoms with Crippen LogP contribution in [0.25, 0.3) is 0 Å². The molecule has 0 atom stereocenters.